The van der Waals surface area contributed by atoms with Gasteiger partial charge in [0.25, 0.3) is 5.91 Å². The highest BCUT2D eigenvalue weighted by molar-refractivity contribution is 7.10. The number of benzene rings is 1. The van der Waals surface area contributed by atoms with Gasteiger partial charge in [0.2, 0.25) is 0 Å². The number of amides is 1. The zero-order chi connectivity index (χ0) is 22.8. The van der Waals surface area contributed by atoms with Gasteiger partial charge in [0.15, 0.2) is 6.61 Å². The van der Waals surface area contributed by atoms with E-state index >= 15 is 0 Å². The molecule has 6 heteroatoms. The van der Waals surface area contributed by atoms with Gasteiger partial charge in [-0.2, -0.15) is 0 Å². The fraction of sp³-hybridized carbons (Fsp3) is 0.370. The summed E-state index contributed by atoms with van der Waals surface area (Å²) in [5, 5.41) is 5.89. The van der Waals surface area contributed by atoms with Gasteiger partial charge in [-0.3, -0.25) is 4.79 Å². The molecule has 33 heavy (non-hydrogen) atoms. The maximum absolute atomic E-state index is 13.3. The zero-order valence-corrected chi connectivity index (χ0v) is 19.6. The third-order valence-electron chi connectivity index (χ3n) is 6.80. The molecule has 0 saturated heterocycles. The van der Waals surface area contributed by atoms with Crippen LogP contribution in [0.1, 0.15) is 65.5 Å². The van der Waals surface area contributed by atoms with Crippen LogP contribution >= 0.6 is 11.3 Å². The zero-order valence-electron chi connectivity index (χ0n) is 18.8. The smallest absolute Gasteiger partial charge is 0.339 e. The molecule has 2 atom stereocenters. The summed E-state index contributed by atoms with van der Waals surface area (Å²) in [7, 11) is 0. The lowest BCUT2D eigenvalue weighted by atomic mass is 9.86. The molecule has 1 aromatic carbocycles. The molecule has 1 amide bonds. The Hall–Kier alpha value is -2.99. The van der Waals surface area contributed by atoms with E-state index < -0.39 is 5.97 Å². The van der Waals surface area contributed by atoms with Crippen molar-refractivity contribution in [2.75, 3.05) is 6.61 Å². The lowest BCUT2D eigenvalue weighted by Crippen LogP contribution is -2.42. The largest absolute Gasteiger partial charge is 0.452 e. The van der Waals surface area contributed by atoms with Gasteiger partial charge in [-0.1, -0.05) is 44.0 Å². The lowest BCUT2D eigenvalue weighted by Gasteiger charge is -2.29. The van der Waals surface area contributed by atoms with Crippen LogP contribution in [0.2, 0.25) is 0 Å². The highest BCUT2D eigenvalue weighted by atomic mass is 32.1. The summed E-state index contributed by atoms with van der Waals surface area (Å²) in [4.78, 5) is 31.8. The second-order valence-corrected chi connectivity index (χ2v) is 10.0. The average Bonchev–Trinajstić information content (AvgIpc) is 3.48. The molecule has 5 nitrogen and oxygen atoms in total. The van der Waals surface area contributed by atoms with Crippen LogP contribution in [0.25, 0.3) is 22.6 Å². The number of esters is 1. The van der Waals surface area contributed by atoms with Crippen molar-refractivity contribution in [2.45, 2.75) is 51.5 Å². The number of aromatic nitrogens is 1. The third kappa shape index (κ3) is 4.58. The standard InChI is InChI=1S/C27H28N2O3S/c1-17-7-2-4-10-22(17)28-24(30)16-32-27(31)25-20-9-3-5-11-23(20)29-26-18(12-13-21(25)26)15-19-8-6-14-33-19/h3,5-6,8-9,11,14-15,17,22H,2,4,7,10,12-13,16H2,1H3,(H,28,30). The van der Waals surface area contributed by atoms with Crippen LogP contribution in [0.15, 0.2) is 41.8 Å². The third-order valence-corrected chi connectivity index (χ3v) is 7.62. The molecule has 2 aromatic heterocycles. The van der Waals surface area contributed by atoms with Gasteiger partial charge in [0.1, 0.15) is 0 Å². The second kappa shape index (κ2) is 9.48. The SMILES string of the molecule is CC1CCCCC1NC(=O)COC(=O)c1c2c(nc3ccccc13)C(=Cc1cccs1)CC2. The first-order valence-corrected chi connectivity index (χ1v) is 12.6. The molecule has 2 aliphatic rings. The summed E-state index contributed by atoms with van der Waals surface area (Å²) in [5.41, 5.74) is 4.24. The van der Waals surface area contributed by atoms with E-state index in [4.69, 9.17) is 9.72 Å². The van der Waals surface area contributed by atoms with Gasteiger partial charge in [-0.05, 0) is 66.3 Å². The molecule has 0 radical (unpaired) electrons. The maximum Gasteiger partial charge on any atom is 0.339 e. The molecule has 170 valence electrons. The van der Waals surface area contributed by atoms with Crippen molar-refractivity contribution >= 4 is 45.8 Å². The minimum Gasteiger partial charge on any atom is -0.452 e. The fourth-order valence-corrected chi connectivity index (χ4v) is 5.72. The molecule has 2 unspecified atom stereocenters. The lowest BCUT2D eigenvalue weighted by molar-refractivity contribution is -0.125. The van der Waals surface area contributed by atoms with E-state index in [1.165, 1.54) is 11.3 Å². The topological polar surface area (TPSA) is 68.3 Å². The molecule has 0 aliphatic heterocycles. The highest BCUT2D eigenvalue weighted by Crippen LogP contribution is 2.38. The van der Waals surface area contributed by atoms with Gasteiger partial charge in [-0.25, -0.2) is 9.78 Å². The van der Waals surface area contributed by atoms with Crippen molar-refractivity contribution in [1.82, 2.24) is 10.3 Å². The van der Waals surface area contributed by atoms with E-state index in [1.807, 2.05) is 30.3 Å². The fourth-order valence-electron chi connectivity index (χ4n) is 5.04. The van der Waals surface area contributed by atoms with Crippen LogP contribution in [0.5, 0.6) is 0 Å². The highest BCUT2D eigenvalue weighted by Gasteiger charge is 2.28. The van der Waals surface area contributed by atoms with Gasteiger partial charge >= 0.3 is 5.97 Å². The number of carbonyl (C=O) groups excluding carboxylic acids is 2. The Bertz CT molecular complexity index is 1220. The summed E-state index contributed by atoms with van der Waals surface area (Å²) in [6, 6.07) is 11.9. The first-order valence-electron chi connectivity index (χ1n) is 11.7. The van der Waals surface area contributed by atoms with Crippen molar-refractivity contribution < 1.29 is 14.3 Å². The van der Waals surface area contributed by atoms with Crippen molar-refractivity contribution in [2.24, 2.45) is 5.92 Å². The molecule has 2 aliphatic carbocycles. The summed E-state index contributed by atoms with van der Waals surface area (Å²) < 4.78 is 5.55. The van der Waals surface area contributed by atoms with Crippen LogP contribution in [0.3, 0.4) is 0 Å². The molecule has 2 heterocycles. The quantitative estimate of drug-likeness (QED) is 0.501. The van der Waals surface area contributed by atoms with E-state index in [1.54, 1.807) is 11.3 Å². The maximum atomic E-state index is 13.3. The normalized spacial score (nSPS) is 21.2. The van der Waals surface area contributed by atoms with Crippen LogP contribution < -0.4 is 5.32 Å². The average molecular weight is 461 g/mol. The van der Waals surface area contributed by atoms with Gasteiger partial charge in [0, 0.05) is 16.3 Å². The number of hydrogen-bond donors (Lipinski definition) is 1. The molecular formula is C27H28N2O3S. The Balaban J connectivity index is 1.39. The molecule has 0 spiro atoms. The van der Waals surface area contributed by atoms with Crippen LogP contribution in [0, 0.1) is 5.92 Å². The summed E-state index contributed by atoms with van der Waals surface area (Å²) in [6.45, 7) is 1.91. The number of fused-ring (bicyclic) bond motifs is 2. The Morgan fingerprint density at radius 1 is 1.15 bits per heavy atom. The number of carbonyl (C=O) groups is 2. The predicted octanol–water partition coefficient (Wildman–Crippen LogP) is 5.63. The second-order valence-electron chi connectivity index (χ2n) is 9.03. The van der Waals surface area contributed by atoms with Crippen molar-refractivity contribution in [3.8, 4) is 0 Å². The van der Waals surface area contributed by atoms with E-state index in [0.29, 0.717) is 11.5 Å². The summed E-state index contributed by atoms with van der Waals surface area (Å²) >= 11 is 1.68. The number of nitrogens with one attached hydrogen (secondary N) is 1. The molecule has 0 bridgehead atoms. The molecule has 5 rings (SSSR count). The van der Waals surface area contributed by atoms with E-state index in [-0.39, 0.29) is 18.6 Å². The van der Waals surface area contributed by atoms with Crippen LogP contribution in [0.4, 0.5) is 0 Å². The van der Waals surface area contributed by atoms with Crippen LogP contribution in [-0.4, -0.2) is 29.5 Å². The van der Waals surface area contributed by atoms with Crippen molar-refractivity contribution in [3.05, 3.63) is 63.5 Å². The molecule has 1 fully saturated rings. The Kier molecular flexibility index (Phi) is 6.27. The Morgan fingerprint density at radius 3 is 2.82 bits per heavy atom. The Morgan fingerprint density at radius 2 is 2.00 bits per heavy atom. The molecule has 1 N–H and O–H groups in total. The number of ether oxygens (including phenoxy) is 1. The number of pyridine rings is 1. The van der Waals surface area contributed by atoms with Crippen LogP contribution in [-0.2, 0) is 16.0 Å². The number of rotatable bonds is 5. The van der Waals surface area contributed by atoms with E-state index in [0.717, 1.165) is 59.8 Å². The number of thiophene rings is 1. The van der Waals surface area contributed by atoms with Crippen molar-refractivity contribution in [1.29, 1.82) is 0 Å². The molecule has 1 saturated carbocycles. The number of nitrogens with zero attached hydrogens (tertiary/aromatic N) is 1. The monoisotopic (exact) mass is 460 g/mol. The first-order chi connectivity index (χ1) is 16.1. The van der Waals surface area contributed by atoms with E-state index in [9.17, 15) is 9.59 Å². The predicted molar refractivity (Wildman–Crippen MR) is 132 cm³/mol. The summed E-state index contributed by atoms with van der Waals surface area (Å²) in [6.07, 6.45) is 8.19. The van der Waals surface area contributed by atoms with Gasteiger partial charge < -0.3 is 10.1 Å². The van der Waals surface area contributed by atoms with Gasteiger partial charge in [0.05, 0.1) is 16.8 Å². The molecule has 3 aromatic rings. The molecular weight excluding hydrogens is 432 g/mol. The number of hydrogen-bond acceptors (Lipinski definition) is 5. The number of allylic oxidation sites excluding steroid dienone is 1. The van der Waals surface area contributed by atoms with Gasteiger partial charge in [-0.15, -0.1) is 11.3 Å². The Labute approximate surface area is 197 Å². The van der Waals surface area contributed by atoms with Crippen molar-refractivity contribution in [3.63, 3.8) is 0 Å². The number of para-hydroxylation sites is 1. The minimum absolute atomic E-state index is 0.168. The minimum atomic E-state index is -0.450. The summed E-state index contributed by atoms with van der Waals surface area (Å²) in [5.74, 6) is -0.219. The first kappa shape index (κ1) is 21.8. The van der Waals surface area contributed by atoms with E-state index in [2.05, 4.69) is 29.8 Å².